The lowest BCUT2D eigenvalue weighted by Gasteiger charge is -2.34. The van der Waals surface area contributed by atoms with Gasteiger partial charge < -0.3 is 10.4 Å². The second-order valence-electron chi connectivity index (χ2n) is 5.26. The summed E-state index contributed by atoms with van der Waals surface area (Å²) in [6.45, 7) is 7.16. The predicted octanol–water partition coefficient (Wildman–Crippen LogP) is 2.67. The molecule has 1 aromatic carbocycles. The van der Waals surface area contributed by atoms with E-state index in [0.717, 1.165) is 32.5 Å². The van der Waals surface area contributed by atoms with Crippen LogP contribution in [-0.4, -0.2) is 35.7 Å². The monoisotopic (exact) mass is 266 g/mol. The molecule has 0 bridgehead atoms. The maximum Gasteiger partial charge on any atom is 0.123 e. The molecule has 0 amide bonds. The van der Waals surface area contributed by atoms with Crippen LogP contribution >= 0.6 is 0 Å². The number of nitrogens with zero attached hydrogens (tertiary/aromatic N) is 1. The first-order valence-corrected chi connectivity index (χ1v) is 7.08. The number of halogens is 1. The number of hydrogen-bond donors (Lipinski definition) is 2. The number of aromatic hydroxyl groups is 1. The molecular weight excluding hydrogens is 243 g/mol. The van der Waals surface area contributed by atoms with Crippen LogP contribution in [0.1, 0.15) is 38.3 Å². The Hall–Kier alpha value is -1.13. The minimum absolute atomic E-state index is 0.0283. The molecule has 3 nitrogen and oxygen atoms in total. The Bertz CT molecular complexity index is 419. The lowest BCUT2D eigenvalue weighted by atomic mass is 10.0. The zero-order chi connectivity index (χ0) is 13.8. The van der Waals surface area contributed by atoms with E-state index in [-0.39, 0.29) is 17.6 Å². The van der Waals surface area contributed by atoms with Crippen molar-refractivity contribution in [2.24, 2.45) is 0 Å². The molecule has 0 spiro atoms. The van der Waals surface area contributed by atoms with Crippen LogP contribution in [0.2, 0.25) is 0 Å². The molecule has 1 aliphatic heterocycles. The van der Waals surface area contributed by atoms with Crippen LogP contribution < -0.4 is 5.32 Å². The molecule has 1 aromatic rings. The van der Waals surface area contributed by atoms with E-state index in [1.165, 1.54) is 18.2 Å². The third-order valence-corrected chi connectivity index (χ3v) is 3.92. The first kappa shape index (κ1) is 14.3. The molecule has 2 unspecified atom stereocenters. The van der Waals surface area contributed by atoms with E-state index in [1.807, 2.05) is 6.92 Å². The van der Waals surface area contributed by atoms with Crippen molar-refractivity contribution < 1.29 is 9.50 Å². The number of rotatable bonds is 5. The molecule has 2 rings (SSSR count). The largest absolute Gasteiger partial charge is 0.508 e. The molecule has 106 valence electrons. The molecule has 2 N–H and O–H groups in total. The van der Waals surface area contributed by atoms with Crippen molar-refractivity contribution in [1.29, 1.82) is 0 Å². The van der Waals surface area contributed by atoms with Gasteiger partial charge in [0.25, 0.3) is 0 Å². The molecule has 19 heavy (non-hydrogen) atoms. The average molecular weight is 266 g/mol. The van der Waals surface area contributed by atoms with Gasteiger partial charge in [-0.15, -0.1) is 0 Å². The number of hydrogen-bond acceptors (Lipinski definition) is 3. The molecule has 0 aliphatic carbocycles. The van der Waals surface area contributed by atoms with Gasteiger partial charge in [-0.3, -0.25) is 4.90 Å². The Morgan fingerprint density at radius 2 is 2.32 bits per heavy atom. The number of phenols is 1. The maximum atomic E-state index is 13.4. The summed E-state index contributed by atoms with van der Waals surface area (Å²) < 4.78 is 13.4. The molecule has 1 fully saturated rings. The topological polar surface area (TPSA) is 35.5 Å². The third-order valence-electron chi connectivity index (χ3n) is 3.92. The minimum atomic E-state index is -0.291. The highest BCUT2D eigenvalue weighted by Gasteiger charge is 2.27. The van der Waals surface area contributed by atoms with E-state index in [4.69, 9.17) is 0 Å². The molecule has 1 heterocycles. The Morgan fingerprint density at radius 3 is 2.95 bits per heavy atom. The van der Waals surface area contributed by atoms with Crippen molar-refractivity contribution in [3.8, 4) is 5.75 Å². The number of nitrogens with one attached hydrogen (secondary N) is 1. The fourth-order valence-corrected chi connectivity index (χ4v) is 2.91. The van der Waals surface area contributed by atoms with Gasteiger partial charge in [0, 0.05) is 24.2 Å². The van der Waals surface area contributed by atoms with Crippen LogP contribution in [-0.2, 0) is 0 Å². The van der Waals surface area contributed by atoms with Crippen LogP contribution in [0.3, 0.4) is 0 Å². The lowest BCUT2D eigenvalue weighted by molar-refractivity contribution is 0.151. The fraction of sp³-hybridized carbons (Fsp3) is 0.600. The van der Waals surface area contributed by atoms with Gasteiger partial charge in [0.15, 0.2) is 0 Å². The molecule has 0 saturated carbocycles. The van der Waals surface area contributed by atoms with Crippen molar-refractivity contribution in [1.82, 2.24) is 10.2 Å². The van der Waals surface area contributed by atoms with E-state index in [9.17, 15) is 9.50 Å². The predicted molar refractivity (Wildman–Crippen MR) is 74.8 cm³/mol. The van der Waals surface area contributed by atoms with E-state index in [1.54, 1.807) is 0 Å². The summed E-state index contributed by atoms with van der Waals surface area (Å²) in [6, 6.07) is 4.69. The summed E-state index contributed by atoms with van der Waals surface area (Å²) in [7, 11) is 0. The van der Waals surface area contributed by atoms with Gasteiger partial charge in [-0.05, 0) is 51.1 Å². The third kappa shape index (κ3) is 3.25. The molecule has 0 aromatic heterocycles. The van der Waals surface area contributed by atoms with E-state index < -0.39 is 0 Å². The highest BCUT2D eigenvalue weighted by Crippen LogP contribution is 2.31. The quantitative estimate of drug-likeness (QED) is 0.860. The van der Waals surface area contributed by atoms with Crippen molar-refractivity contribution in [3.63, 3.8) is 0 Å². The van der Waals surface area contributed by atoms with Crippen molar-refractivity contribution in [2.45, 2.75) is 38.8 Å². The second-order valence-corrected chi connectivity index (χ2v) is 5.26. The Labute approximate surface area is 114 Å². The van der Waals surface area contributed by atoms with E-state index >= 15 is 0 Å². The summed E-state index contributed by atoms with van der Waals surface area (Å²) in [5.74, 6) is -0.110. The normalized spacial score (nSPS) is 20.9. The SMILES string of the molecule is CCCN(C1CCNC1)C(C)c1cc(F)ccc1O. The zero-order valence-electron chi connectivity index (χ0n) is 11.7. The Balaban J connectivity index is 2.22. The van der Waals surface area contributed by atoms with Crippen molar-refractivity contribution in [2.75, 3.05) is 19.6 Å². The summed E-state index contributed by atoms with van der Waals surface area (Å²) in [5.41, 5.74) is 0.681. The van der Waals surface area contributed by atoms with Crippen LogP contribution in [0.25, 0.3) is 0 Å². The molecule has 1 saturated heterocycles. The van der Waals surface area contributed by atoms with Crippen LogP contribution in [0.5, 0.6) is 5.75 Å². The summed E-state index contributed by atoms with van der Waals surface area (Å²) in [4.78, 5) is 2.37. The standard InChI is InChI=1S/C15H23FN2O/c1-3-8-18(13-6-7-17-10-13)11(2)14-9-12(16)4-5-15(14)19/h4-5,9,11,13,17,19H,3,6-8,10H2,1-2H3. The van der Waals surface area contributed by atoms with Gasteiger partial charge in [-0.25, -0.2) is 4.39 Å². The zero-order valence-corrected chi connectivity index (χ0v) is 11.7. The van der Waals surface area contributed by atoms with Gasteiger partial charge >= 0.3 is 0 Å². The van der Waals surface area contributed by atoms with Crippen molar-refractivity contribution in [3.05, 3.63) is 29.6 Å². The van der Waals surface area contributed by atoms with Gasteiger partial charge in [-0.2, -0.15) is 0 Å². The number of phenolic OH excluding ortho intramolecular Hbond substituents is 1. The lowest BCUT2D eigenvalue weighted by Crippen LogP contribution is -2.39. The van der Waals surface area contributed by atoms with Gasteiger partial charge in [0.05, 0.1) is 0 Å². The van der Waals surface area contributed by atoms with Crippen LogP contribution in [0.4, 0.5) is 4.39 Å². The second kappa shape index (κ2) is 6.35. The average Bonchev–Trinajstić information content (AvgIpc) is 2.92. The Kier molecular flexibility index (Phi) is 4.77. The first-order chi connectivity index (χ1) is 9.13. The van der Waals surface area contributed by atoms with Gasteiger partial charge in [-0.1, -0.05) is 6.92 Å². The highest BCUT2D eigenvalue weighted by atomic mass is 19.1. The Morgan fingerprint density at radius 1 is 1.53 bits per heavy atom. The first-order valence-electron chi connectivity index (χ1n) is 7.08. The van der Waals surface area contributed by atoms with Crippen LogP contribution in [0.15, 0.2) is 18.2 Å². The summed E-state index contributed by atoms with van der Waals surface area (Å²) in [6.07, 6.45) is 2.16. The van der Waals surface area contributed by atoms with Gasteiger partial charge in [0.1, 0.15) is 11.6 Å². The molecule has 4 heteroatoms. The van der Waals surface area contributed by atoms with Gasteiger partial charge in [0.2, 0.25) is 0 Å². The molecular formula is C15H23FN2O. The molecule has 1 aliphatic rings. The number of benzene rings is 1. The maximum absolute atomic E-state index is 13.4. The summed E-state index contributed by atoms with van der Waals surface area (Å²) >= 11 is 0. The minimum Gasteiger partial charge on any atom is -0.508 e. The molecule has 2 atom stereocenters. The molecule has 0 radical (unpaired) electrons. The summed E-state index contributed by atoms with van der Waals surface area (Å²) in [5, 5.41) is 13.3. The van der Waals surface area contributed by atoms with E-state index in [0.29, 0.717) is 11.6 Å². The van der Waals surface area contributed by atoms with E-state index in [2.05, 4.69) is 17.1 Å². The fourth-order valence-electron chi connectivity index (χ4n) is 2.91. The van der Waals surface area contributed by atoms with Crippen LogP contribution in [0, 0.1) is 5.82 Å². The highest BCUT2D eigenvalue weighted by molar-refractivity contribution is 5.35. The van der Waals surface area contributed by atoms with Crippen molar-refractivity contribution >= 4 is 0 Å². The smallest absolute Gasteiger partial charge is 0.123 e.